The molecule has 0 saturated carbocycles. The molecule has 0 amide bonds. The predicted molar refractivity (Wildman–Crippen MR) is 65.8 cm³/mol. The normalized spacial score (nSPS) is 12.7. The van der Waals surface area contributed by atoms with E-state index in [9.17, 15) is 0 Å². The van der Waals surface area contributed by atoms with Crippen LogP contribution >= 0.6 is 15.9 Å². The van der Waals surface area contributed by atoms with Crippen molar-refractivity contribution in [3.05, 3.63) is 46.5 Å². The van der Waals surface area contributed by atoms with E-state index in [2.05, 4.69) is 26.0 Å². The minimum atomic E-state index is -0.0709. The van der Waals surface area contributed by atoms with Crippen LogP contribution in [0, 0.1) is 0 Å². The molecule has 1 atom stereocenters. The molecule has 84 valence electrons. The molecule has 0 aliphatic rings. The van der Waals surface area contributed by atoms with Crippen LogP contribution in [0.4, 0.5) is 0 Å². The maximum absolute atomic E-state index is 6.14. The summed E-state index contributed by atoms with van der Waals surface area (Å²) in [6.45, 7) is 0. The van der Waals surface area contributed by atoms with Crippen LogP contribution in [0.5, 0.6) is 0 Å². The highest BCUT2D eigenvalue weighted by molar-refractivity contribution is 9.10. The largest absolute Gasteiger partial charge is 0.324 e. The zero-order chi connectivity index (χ0) is 11.5. The smallest absolute Gasteiger partial charge is 0.138 e. The van der Waals surface area contributed by atoms with Crippen LogP contribution in [-0.4, -0.2) is 14.8 Å². The molecule has 0 aliphatic carbocycles. The lowest BCUT2D eigenvalue weighted by atomic mass is 10.0. The van der Waals surface area contributed by atoms with Gasteiger partial charge in [0, 0.05) is 24.0 Å². The van der Waals surface area contributed by atoms with Gasteiger partial charge in [-0.3, -0.25) is 4.68 Å². The monoisotopic (exact) mass is 280 g/mol. The molecule has 5 heteroatoms. The third-order valence-corrected chi connectivity index (χ3v) is 3.23. The Kier molecular flexibility index (Phi) is 3.36. The summed E-state index contributed by atoms with van der Waals surface area (Å²) in [6, 6.07) is 7.90. The van der Waals surface area contributed by atoms with Crippen LogP contribution in [0.1, 0.15) is 17.4 Å². The van der Waals surface area contributed by atoms with Crippen molar-refractivity contribution < 1.29 is 0 Å². The number of benzene rings is 1. The van der Waals surface area contributed by atoms with Crippen molar-refractivity contribution in [1.29, 1.82) is 0 Å². The van der Waals surface area contributed by atoms with Crippen molar-refractivity contribution in [2.45, 2.75) is 12.5 Å². The fourth-order valence-electron chi connectivity index (χ4n) is 1.59. The van der Waals surface area contributed by atoms with Gasteiger partial charge in [0.05, 0.1) is 0 Å². The Morgan fingerprint density at radius 3 is 2.81 bits per heavy atom. The summed E-state index contributed by atoms with van der Waals surface area (Å²) in [5, 5.41) is 4.02. The molecule has 16 heavy (non-hydrogen) atoms. The van der Waals surface area contributed by atoms with Crippen molar-refractivity contribution in [3.63, 3.8) is 0 Å². The Morgan fingerprint density at radius 1 is 1.44 bits per heavy atom. The molecular formula is C11H13BrN4. The van der Waals surface area contributed by atoms with Crippen molar-refractivity contribution in [3.8, 4) is 0 Å². The fraction of sp³-hybridized carbons (Fsp3) is 0.273. The molecular weight excluding hydrogens is 268 g/mol. The number of nitrogens with zero attached hydrogens (tertiary/aromatic N) is 3. The molecule has 0 bridgehead atoms. The SMILES string of the molecule is Cn1ncnc1CC(N)c1ccccc1Br. The average Bonchev–Trinajstić information content (AvgIpc) is 2.65. The molecule has 2 N–H and O–H groups in total. The second-order valence-corrected chi connectivity index (χ2v) is 4.49. The minimum Gasteiger partial charge on any atom is -0.324 e. The van der Waals surface area contributed by atoms with Gasteiger partial charge < -0.3 is 5.73 Å². The lowest BCUT2D eigenvalue weighted by Crippen LogP contribution is -2.16. The quantitative estimate of drug-likeness (QED) is 0.933. The van der Waals surface area contributed by atoms with Crippen LogP contribution in [0.3, 0.4) is 0 Å². The Hall–Kier alpha value is -1.20. The van der Waals surface area contributed by atoms with Gasteiger partial charge in [0.1, 0.15) is 12.2 Å². The summed E-state index contributed by atoms with van der Waals surface area (Å²) >= 11 is 3.50. The third-order valence-electron chi connectivity index (χ3n) is 2.51. The van der Waals surface area contributed by atoms with E-state index in [1.165, 1.54) is 0 Å². The molecule has 2 aromatic rings. The van der Waals surface area contributed by atoms with Crippen molar-refractivity contribution in [2.75, 3.05) is 0 Å². The maximum atomic E-state index is 6.14. The maximum Gasteiger partial charge on any atom is 0.138 e. The number of aryl methyl sites for hydroxylation is 1. The van der Waals surface area contributed by atoms with Gasteiger partial charge >= 0.3 is 0 Å². The highest BCUT2D eigenvalue weighted by atomic mass is 79.9. The fourth-order valence-corrected chi connectivity index (χ4v) is 2.17. The minimum absolute atomic E-state index is 0.0709. The van der Waals surface area contributed by atoms with Crippen LogP contribution in [0.25, 0.3) is 0 Å². The zero-order valence-corrected chi connectivity index (χ0v) is 10.6. The summed E-state index contributed by atoms with van der Waals surface area (Å²) in [5.74, 6) is 0.892. The second-order valence-electron chi connectivity index (χ2n) is 3.63. The van der Waals surface area contributed by atoms with Gasteiger partial charge in [0.2, 0.25) is 0 Å². The Balaban J connectivity index is 2.18. The number of aromatic nitrogens is 3. The summed E-state index contributed by atoms with van der Waals surface area (Å²) < 4.78 is 2.78. The summed E-state index contributed by atoms with van der Waals surface area (Å²) in [6.07, 6.45) is 2.22. The summed E-state index contributed by atoms with van der Waals surface area (Å²) in [5.41, 5.74) is 7.23. The molecule has 4 nitrogen and oxygen atoms in total. The van der Waals surface area contributed by atoms with Gasteiger partial charge in [-0.2, -0.15) is 5.10 Å². The molecule has 0 radical (unpaired) electrons. The van der Waals surface area contributed by atoms with Gasteiger partial charge in [-0.15, -0.1) is 0 Å². The van der Waals surface area contributed by atoms with Crippen LogP contribution in [-0.2, 0) is 13.5 Å². The standard InChI is InChI=1S/C11H13BrN4/c1-16-11(14-7-15-16)6-10(13)8-4-2-3-5-9(8)12/h2-5,7,10H,6,13H2,1H3. The first-order valence-electron chi connectivity index (χ1n) is 5.01. The molecule has 1 heterocycles. The van der Waals surface area contributed by atoms with Crippen LogP contribution in [0.15, 0.2) is 35.1 Å². The summed E-state index contributed by atoms with van der Waals surface area (Å²) in [4.78, 5) is 4.17. The lowest BCUT2D eigenvalue weighted by Gasteiger charge is -2.12. The first-order chi connectivity index (χ1) is 7.68. The van der Waals surface area contributed by atoms with Crippen molar-refractivity contribution in [1.82, 2.24) is 14.8 Å². The molecule has 1 aromatic heterocycles. The highest BCUT2D eigenvalue weighted by Crippen LogP contribution is 2.23. The summed E-state index contributed by atoms with van der Waals surface area (Å²) in [7, 11) is 1.87. The number of hydrogen-bond acceptors (Lipinski definition) is 3. The first-order valence-corrected chi connectivity index (χ1v) is 5.80. The van der Waals surface area contributed by atoms with Gasteiger partial charge in [0.25, 0.3) is 0 Å². The third kappa shape index (κ3) is 2.31. The van der Waals surface area contributed by atoms with E-state index in [1.807, 2.05) is 31.3 Å². The number of halogens is 1. The number of nitrogens with two attached hydrogens (primary N) is 1. The average molecular weight is 281 g/mol. The van der Waals surface area contributed by atoms with E-state index in [4.69, 9.17) is 5.73 Å². The molecule has 0 fully saturated rings. The van der Waals surface area contributed by atoms with Crippen molar-refractivity contribution in [2.24, 2.45) is 12.8 Å². The zero-order valence-electron chi connectivity index (χ0n) is 8.97. The molecule has 2 rings (SSSR count). The van der Waals surface area contributed by atoms with E-state index in [0.717, 1.165) is 15.9 Å². The molecule has 1 unspecified atom stereocenters. The second kappa shape index (κ2) is 4.76. The van der Waals surface area contributed by atoms with E-state index < -0.39 is 0 Å². The Bertz CT molecular complexity index is 480. The number of rotatable bonds is 3. The Labute approximate surface area is 103 Å². The highest BCUT2D eigenvalue weighted by Gasteiger charge is 2.12. The van der Waals surface area contributed by atoms with Gasteiger partial charge in [-0.25, -0.2) is 4.98 Å². The number of hydrogen-bond donors (Lipinski definition) is 1. The first kappa shape index (κ1) is 11.3. The van der Waals surface area contributed by atoms with E-state index in [1.54, 1.807) is 11.0 Å². The van der Waals surface area contributed by atoms with Crippen LogP contribution in [0.2, 0.25) is 0 Å². The molecule has 0 saturated heterocycles. The molecule has 0 aliphatic heterocycles. The molecule has 1 aromatic carbocycles. The van der Waals surface area contributed by atoms with Crippen LogP contribution < -0.4 is 5.73 Å². The molecule has 0 spiro atoms. The van der Waals surface area contributed by atoms with Gasteiger partial charge in [-0.1, -0.05) is 34.1 Å². The predicted octanol–water partition coefficient (Wildman–Crippen LogP) is 1.82. The van der Waals surface area contributed by atoms with Crippen molar-refractivity contribution >= 4 is 15.9 Å². The van der Waals surface area contributed by atoms with Gasteiger partial charge in [-0.05, 0) is 11.6 Å². The lowest BCUT2D eigenvalue weighted by molar-refractivity contribution is 0.628. The van der Waals surface area contributed by atoms with E-state index in [-0.39, 0.29) is 6.04 Å². The Morgan fingerprint density at radius 2 is 2.19 bits per heavy atom. The van der Waals surface area contributed by atoms with E-state index >= 15 is 0 Å². The van der Waals surface area contributed by atoms with E-state index in [0.29, 0.717) is 6.42 Å². The topological polar surface area (TPSA) is 56.7 Å². The van der Waals surface area contributed by atoms with Gasteiger partial charge in [0.15, 0.2) is 0 Å².